The van der Waals surface area contributed by atoms with Gasteiger partial charge in [0.15, 0.2) is 0 Å². The molecule has 1 aliphatic heterocycles. The molecule has 29 heavy (non-hydrogen) atoms. The zero-order valence-electron chi connectivity index (χ0n) is 16.2. The third-order valence-electron chi connectivity index (χ3n) is 4.59. The van der Waals surface area contributed by atoms with E-state index in [1.165, 1.54) is 0 Å². The quantitative estimate of drug-likeness (QED) is 0.608. The Morgan fingerprint density at radius 2 is 1.93 bits per heavy atom. The Morgan fingerprint density at radius 1 is 1.14 bits per heavy atom. The molecular formula is C19H22F2N6OS. The number of hydrogen-bond donors (Lipinski definition) is 1. The summed E-state index contributed by atoms with van der Waals surface area (Å²) in [4.78, 5) is 10.9. The van der Waals surface area contributed by atoms with Crippen LogP contribution in [-0.2, 0) is 0 Å². The van der Waals surface area contributed by atoms with Crippen LogP contribution in [0.4, 0.5) is 14.6 Å². The van der Waals surface area contributed by atoms with Crippen molar-refractivity contribution in [3.05, 3.63) is 30.6 Å². The third kappa shape index (κ3) is 4.59. The summed E-state index contributed by atoms with van der Waals surface area (Å²) in [6.45, 7) is 6.33. The first-order valence-corrected chi connectivity index (χ1v) is 10.3. The normalized spacial score (nSPS) is 15.6. The van der Waals surface area contributed by atoms with Crippen molar-refractivity contribution in [2.45, 2.75) is 25.7 Å². The lowest BCUT2D eigenvalue weighted by Gasteiger charge is -2.34. The SMILES string of the molecule is CC(C)Oc1cc2c(-c3ccnc(N4CCN(SC(F)F)CC4)c3)n[nH]c2cn1. The number of H-pyrrole nitrogens is 1. The Balaban J connectivity index is 1.56. The van der Waals surface area contributed by atoms with Gasteiger partial charge in [0.05, 0.1) is 17.8 Å². The molecule has 1 saturated heterocycles. The van der Waals surface area contributed by atoms with Crippen LogP contribution in [0.2, 0.25) is 0 Å². The van der Waals surface area contributed by atoms with E-state index in [1.807, 2.05) is 32.0 Å². The Morgan fingerprint density at radius 3 is 2.66 bits per heavy atom. The fraction of sp³-hybridized carbons (Fsp3) is 0.421. The van der Waals surface area contributed by atoms with E-state index in [2.05, 4.69) is 25.1 Å². The molecule has 10 heteroatoms. The molecular weight excluding hydrogens is 398 g/mol. The molecule has 0 spiro atoms. The van der Waals surface area contributed by atoms with Gasteiger partial charge in [0.2, 0.25) is 5.88 Å². The molecule has 3 aromatic rings. The zero-order valence-corrected chi connectivity index (χ0v) is 17.0. The van der Waals surface area contributed by atoms with Gasteiger partial charge in [-0.2, -0.15) is 13.9 Å². The highest BCUT2D eigenvalue weighted by atomic mass is 32.2. The number of alkyl halides is 2. The standard InChI is InChI=1S/C19H22F2N6OS/c1-12(2)28-17-10-14-15(11-23-17)24-25-18(14)13-3-4-22-16(9-13)26-5-7-27(8-6-26)29-19(20)21/h3-4,9-12,19H,5-8H2,1-2H3,(H,24,25). The topological polar surface area (TPSA) is 70.2 Å². The van der Waals surface area contributed by atoms with Crippen molar-refractivity contribution in [3.8, 4) is 17.1 Å². The number of halogens is 2. The van der Waals surface area contributed by atoms with Gasteiger partial charge in [0.1, 0.15) is 11.5 Å². The van der Waals surface area contributed by atoms with Crippen molar-refractivity contribution >= 4 is 28.7 Å². The number of hydrogen-bond acceptors (Lipinski definition) is 7. The van der Waals surface area contributed by atoms with Gasteiger partial charge >= 0.3 is 0 Å². The minimum absolute atomic E-state index is 0.0322. The average molecular weight is 420 g/mol. The van der Waals surface area contributed by atoms with Crippen molar-refractivity contribution in [2.24, 2.45) is 0 Å². The average Bonchev–Trinajstić information content (AvgIpc) is 3.11. The zero-order chi connectivity index (χ0) is 20.4. The molecule has 1 N–H and O–H groups in total. The lowest BCUT2D eigenvalue weighted by atomic mass is 10.1. The van der Waals surface area contributed by atoms with Crippen LogP contribution in [0.3, 0.4) is 0 Å². The van der Waals surface area contributed by atoms with E-state index >= 15 is 0 Å². The molecule has 4 rings (SSSR count). The van der Waals surface area contributed by atoms with Crippen LogP contribution >= 0.6 is 11.9 Å². The minimum Gasteiger partial charge on any atom is -0.475 e. The van der Waals surface area contributed by atoms with Gasteiger partial charge in [-0.15, -0.1) is 0 Å². The summed E-state index contributed by atoms with van der Waals surface area (Å²) in [6, 6.07) is 5.77. The molecule has 0 aromatic carbocycles. The van der Waals surface area contributed by atoms with Gasteiger partial charge in [-0.3, -0.25) is 5.10 Å². The van der Waals surface area contributed by atoms with Gasteiger partial charge in [-0.25, -0.2) is 14.3 Å². The largest absolute Gasteiger partial charge is 0.475 e. The maximum atomic E-state index is 12.5. The van der Waals surface area contributed by atoms with Gasteiger partial charge in [-0.1, -0.05) is 0 Å². The van der Waals surface area contributed by atoms with E-state index in [-0.39, 0.29) is 6.10 Å². The number of nitrogens with one attached hydrogen (secondary N) is 1. The number of aromatic amines is 1. The molecule has 4 heterocycles. The van der Waals surface area contributed by atoms with Crippen LogP contribution < -0.4 is 9.64 Å². The molecule has 3 aromatic heterocycles. The molecule has 0 saturated carbocycles. The highest BCUT2D eigenvalue weighted by Crippen LogP contribution is 2.30. The summed E-state index contributed by atoms with van der Waals surface area (Å²) < 4.78 is 32.5. The summed E-state index contributed by atoms with van der Waals surface area (Å²) >= 11 is 0.602. The summed E-state index contributed by atoms with van der Waals surface area (Å²) in [5.41, 5.74) is 2.55. The number of rotatable bonds is 6. The molecule has 0 bridgehead atoms. The maximum Gasteiger partial charge on any atom is 0.298 e. The number of fused-ring (bicyclic) bond motifs is 1. The van der Waals surface area contributed by atoms with Crippen LogP contribution in [0.15, 0.2) is 30.6 Å². The van der Waals surface area contributed by atoms with Crippen LogP contribution in [-0.4, -0.2) is 62.5 Å². The molecule has 0 unspecified atom stereocenters. The van der Waals surface area contributed by atoms with Crippen molar-refractivity contribution in [1.82, 2.24) is 24.5 Å². The molecule has 0 atom stereocenters. The molecule has 0 amide bonds. The van der Waals surface area contributed by atoms with Crippen molar-refractivity contribution < 1.29 is 13.5 Å². The first kappa shape index (κ1) is 19.8. The van der Waals surface area contributed by atoms with E-state index < -0.39 is 5.76 Å². The highest BCUT2D eigenvalue weighted by molar-refractivity contribution is 7.97. The number of piperazine rings is 1. The van der Waals surface area contributed by atoms with Gasteiger partial charge in [0.25, 0.3) is 5.76 Å². The predicted octanol–water partition coefficient (Wildman–Crippen LogP) is 3.80. The lowest BCUT2D eigenvalue weighted by molar-refractivity contribution is 0.233. The van der Waals surface area contributed by atoms with Crippen molar-refractivity contribution in [1.29, 1.82) is 0 Å². The molecule has 1 fully saturated rings. The number of pyridine rings is 2. The second kappa shape index (κ2) is 8.50. The fourth-order valence-electron chi connectivity index (χ4n) is 3.30. The van der Waals surface area contributed by atoms with E-state index in [4.69, 9.17) is 4.74 Å². The lowest BCUT2D eigenvalue weighted by Crippen LogP contribution is -2.44. The summed E-state index contributed by atoms with van der Waals surface area (Å²) in [7, 11) is 0. The Hall–Kier alpha value is -2.46. The number of nitrogens with zero attached hydrogens (tertiary/aromatic N) is 5. The van der Waals surface area contributed by atoms with E-state index in [0.717, 1.165) is 28.0 Å². The second-order valence-corrected chi connectivity index (χ2v) is 8.08. The number of anilines is 1. The second-order valence-electron chi connectivity index (χ2n) is 6.99. The van der Waals surface area contributed by atoms with E-state index in [9.17, 15) is 8.78 Å². The first-order chi connectivity index (χ1) is 14.0. The predicted molar refractivity (Wildman–Crippen MR) is 110 cm³/mol. The maximum absolute atomic E-state index is 12.5. The monoisotopic (exact) mass is 420 g/mol. The Labute approximate surface area is 171 Å². The van der Waals surface area contributed by atoms with Crippen molar-refractivity contribution in [2.75, 3.05) is 31.1 Å². The molecule has 7 nitrogen and oxygen atoms in total. The number of ether oxygens (including phenoxy) is 1. The number of aromatic nitrogens is 4. The van der Waals surface area contributed by atoms with E-state index in [0.29, 0.717) is 44.0 Å². The Bertz CT molecular complexity index is 974. The van der Waals surface area contributed by atoms with Gasteiger partial charge in [-0.05, 0) is 37.9 Å². The fourth-order valence-corrected chi connectivity index (χ4v) is 3.90. The summed E-state index contributed by atoms with van der Waals surface area (Å²) in [5.74, 6) is -1.01. The van der Waals surface area contributed by atoms with Gasteiger partial charge in [0, 0.05) is 49.4 Å². The summed E-state index contributed by atoms with van der Waals surface area (Å²) in [5, 5.41) is 8.38. The van der Waals surface area contributed by atoms with Crippen LogP contribution in [0, 0.1) is 0 Å². The highest BCUT2D eigenvalue weighted by Gasteiger charge is 2.22. The summed E-state index contributed by atoms with van der Waals surface area (Å²) in [6.07, 6.45) is 3.49. The molecule has 0 aliphatic carbocycles. The smallest absolute Gasteiger partial charge is 0.298 e. The van der Waals surface area contributed by atoms with Gasteiger partial charge < -0.3 is 9.64 Å². The van der Waals surface area contributed by atoms with Crippen LogP contribution in [0.1, 0.15) is 13.8 Å². The van der Waals surface area contributed by atoms with Crippen LogP contribution in [0.5, 0.6) is 5.88 Å². The first-order valence-electron chi connectivity index (χ1n) is 9.41. The molecule has 0 radical (unpaired) electrons. The molecule has 154 valence electrons. The molecule has 1 aliphatic rings. The third-order valence-corrected chi connectivity index (χ3v) is 5.41. The van der Waals surface area contributed by atoms with Crippen LogP contribution in [0.25, 0.3) is 22.2 Å². The minimum atomic E-state index is -2.38. The van der Waals surface area contributed by atoms with E-state index in [1.54, 1.807) is 16.7 Å². The Kier molecular flexibility index (Phi) is 5.81. The van der Waals surface area contributed by atoms with Crippen molar-refractivity contribution in [3.63, 3.8) is 0 Å².